The third-order valence-corrected chi connectivity index (χ3v) is 6.39. The van der Waals surface area contributed by atoms with Crippen molar-refractivity contribution in [3.8, 4) is 11.5 Å². The molecule has 5 rings (SSSR count). The molecule has 29 heavy (non-hydrogen) atoms. The van der Waals surface area contributed by atoms with Crippen molar-refractivity contribution < 1.29 is 0 Å². The molecule has 1 aromatic carbocycles. The Morgan fingerprint density at radius 1 is 1.07 bits per heavy atom. The maximum atomic E-state index is 13.1. The van der Waals surface area contributed by atoms with Crippen LogP contribution < -0.4 is 5.56 Å². The van der Waals surface area contributed by atoms with E-state index in [0.717, 1.165) is 38.3 Å². The van der Waals surface area contributed by atoms with Crippen molar-refractivity contribution in [3.63, 3.8) is 0 Å². The summed E-state index contributed by atoms with van der Waals surface area (Å²) in [5.41, 5.74) is 4.16. The second kappa shape index (κ2) is 6.62. The predicted molar refractivity (Wildman–Crippen MR) is 111 cm³/mol. The number of aryl methyl sites for hydroxylation is 3. The molecular weight excluding hydrogens is 364 g/mol. The number of nitrogens with zero attached hydrogens (tertiary/aromatic N) is 6. The summed E-state index contributed by atoms with van der Waals surface area (Å²) in [5, 5.41) is 8.87. The molecule has 0 amide bonds. The Morgan fingerprint density at radius 2 is 1.83 bits per heavy atom. The van der Waals surface area contributed by atoms with Gasteiger partial charge in [0.05, 0.1) is 0 Å². The Hall–Kier alpha value is -2.80. The van der Waals surface area contributed by atoms with E-state index in [1.165, 1.54) is 16.7 Å². The van der Waals surface area contributed by atoms with E-state index in [2.05, 4.69) is 52.1 Å². The van der Waals surface area contributed by atoms with E-state index in [0.29, 0.717) is 18.1 Å². The van der Waals surface area contributed by atoms with Gasteiger partial charge in [-0.3, -0.25) is 14.3 Å². The molecule has 4 heterocycles. The van der Waals surface area contributed by atoms with Crippen LogP contribution in [-0.4, -0.2) is 42.3 Å². The minimum atomic E-state index is -0.0751. The van der Waals surface area contributed by atoms with Crippen LogP contribution >= 0.6 is 0 Å². The van der Waals surface area contributed by atoms with Crippen LogP contribution in [0.25, 0.3) is 11.5 Å². The Bertz CT molecular complexity index is 1130. The average molecular weight is 390 g/mol. The maximum absolute atomic E-state index is 13.1. The van der Waals surface area contributed by atoms with Crippen LogP contribution in [0.2, 0.25) is 0 Å². The first-order valence-corrected chi connectivity index (χ1v) is 10.2. The summed E-state index contributed by atoms with van der Waals surface area (Å²) in [7, 11) is 1.87. The first-order chi connectivity index (χ1) is 13.9. The van der Waals surface area contributed by atoms with Crippen LogP contribution in [0, 0.1) is 13.8 Å². The molecule has 150 valence electrons. The van der Waals surface area contributed by atoms with Gasteiger partial charge in [0.15, 0.2) is 11.5 Å². The third kappa shape index (κ3) is 3.00. The fourth-order valence-corrected chi connectivity index (χ4v) is 5.09. The van der Waals surface area contributed by atoms with E-state index in [1.54, 1.807) is 6.20 Å². The summed E-state index contributed by atoms with van der Waals surface area (Å²) in [6.07, 6.45) is 5.47. The van der Waals surface area contributed by atoms with E-state index in [4.69, 9.17) is 0 Å². The lowest BCUT2D eigenvalue weighted by Crippen LogP contribution is -2.33. The van der Waals surface area contributed by atoms with Crippen molar-refractivity contribution in [1.29, 1.82) is 0 Å². The minimum absolute atomic E-state index is 0.0643. The van der Waals surface area contributed by atoms with Gasteiger partial charge in [-0.2, -0.15) is 0 Å². The standard InChI is InChI=1S/C22H26N6O/c1-15-10-16(2)12-17(11-15)13-27-7-4-22(14-27)5-8-28-20(29)18(24-25-21(22)28)19-23-6-9-26(19)3/h6,9-12H,4-5,7-8,13-14H2,1-3H3/t22-/m0/s1. The van der Waals surface area contributed by atoms with Gasteiger partial charge < -0.3 is 4.57 Å². The van der Waals surface area contributed by atoms with E-state index in [1.807, 2.05) is 22.4 Å². The summed E-state index contributed by atoms with van der Waals surface area (Å²) in [5.74, 6) is 1.42. The number of fused-ring (bicyclic) bond motifs is 2. The van der Waals surface area contributed by atoms with Gasteiger partial charge in [-0.1, -0.05) is 29.3 Å². The SMILES string of the molecule is Cc1cc(C)cc(CN2CC[C@]3(CCn4c3nnc(-c3nccn3C)c4=O)C2)c1. The van der Waals surface area contributed by atoms with E-state index >= 15 is 0 Å². The first-order valence-electron chi connectivity index (χ1n) is 10.2. The van der Waals surface area contributed by atoms with E-state index in [-0.39, 0.29) is 11.0 Å². The Labute approximate surface area is 170 Å². The lowest BCUT2D eigenvalue weighted by atomic mass is 9.85. The molecule has 0 N–H and O–H groups in total. The van der Waals surface area contributed by atoms with E-state index in [9.17, 15) is 4.79 Å². The van der Waals surface area contributed by atoms with Gasteiger partial charge in [0.2, 0.25) is 0 Å². The molecule has 7 nitrogen and oxygen atoms in total. The van der Waals surface area contributed by atoms with Crippen LogP contribution in [-0.2, 0) is 25.6 Å². The van der Waals surface area contributed by atoms with Crippen LogP contribution in [0.4, 0.5) is 0 Å². The Kier molecular flexibility index (Phi) is 4.17. The molecule has 2 aliphatic heterocycles. The first kappa shape index (κ1) is 18.2. The fourth-order valence-electron chi connectivity index (χ4n) is 5.09. The minimum Gasteiger partial charge on any atom is -0.333 e. The maximum Gasteiger partial charge on any atom is 0.283 e. The molecular formula is C22H26N6O. The highest BCUT2D eigenvalue weighted by molar-refractivity contribution is 5.47. The topological polar surface area (TPSA) is 68.8 Å². The highest BCUT2D eigenvalue weighted by Gasteiger charge is 2.47. The number of hydrogen-bond donors (Lipinski definition) is 0. The zero-order valence-corrected chi connectivity index (χ0v) is 17.2. The smallest absolute Gasteiger partial charge is 0.283 e. The molecule has 1 atom stereocenters. The lowest BCUT2D eigenvalue weighted by molar-refractivity contribution is 0.299. The van der Waals surface area contributed by atoms with Crippen LogP contribution in [0.15, 0.2) is 35.4 Å². The van der Waals surface area contributed by atoms with Crippen molar-refractivity contribution in [2.24, 2.45) is 7.05 Å². The molecule has 2 aromatic heterocycles. The molecule has 2 aliphatic rings. The normalized spacial score (nSPS) is 21.2. The van der Waals surface area contributed by atoms with Gasteiger partial charge in [-0.05, 0) is 38.8 Å². The zero-order valence-electron chi connectivity index (χ0n) is 17.2. The third-order valence-electron chi connectivity index (χ3n) is 6.39. The number of rotatable bonds is 3. The van der Waals surface area contributed by atoms with Crippen LogP contribution in [0.3, 0.4) is 0 Å². The van der Waals surface area contributed by atoms with E-state index < -0.39 is 0 Å². The second-order valence-corrected chi connectivity index (χ2v) is 8.68. The molecule has 0 unspecified atom stereocenters. The number of aromatic nitrogens is 5. The average Bonchev–Trinajstić information content (AvgIpc) is 3.36. The molecule has 0 bridgehead atoms. The monoisotopic (exact) mass is 390 g/mol. The fraction of sp³-hybridized carbons (Fsp3) is 0.455. The molecule has 0 aliphatic carbocycles. The molecule has 1 spiro atoms. The van der Waals surface area contributed by atoms with Crippen LogP contribution in [0.1, 0.15) is 35.4 Å². The van der Waals surface area contributed by atoms with Crippen molar-refractivity contribution in [1.82, 2.24) is 29.2 Å². The predicted octanol–water partition coefficient (Wildman–Crippen LogP) is 2.20. The van der Waals surface area contributed by atoms with Crippen molar-refractivity contribution in [2.45, 2.75) is 45.2 Å². The number of hydrogen-bond acceptors (Lipinski definition) is 5. The van der Waals surface area contributed by atoms with Gasteiger partial charge in [0.1, 0.15) is 5.82 Å². The molecule has 3 aromatic rings. The highest BCUT2D eigenvalue weighted by atomic mass is 16.1. The van der Waals surface area contributed by atoms with Gasteiger partial charge in [-0.25, -0.2) is 4.98 Å². The Morgan fingerprint density at radius 3 is 2.55 bits per heavy atom. The molecule has 1 fully saturated rings. The summed E-state index contributed by atoms with van der Waals surface area (Å²) in [6.45, 7) is 7.89. The van der Waals surface area contributed by atoms with Gasteiger partial charge in [-0.15, -0.1) is 10.2 Å². The summed E-state index contributed by atoms with van der Waals surface area (Å²) < 4.78 is 3.64. The largest absolute Gasteiger partial charge is 0.333 e. The van der Waals surface area contributed by atoms with Crippen molar-refractivity contribution in [2.75, 3.05) is 13.1 Å². The lowest BCUT2D eigenvalue weighted by Gasteiger charge is -2.23. The highest BCUT2D eigenvalue weighted by Crippen LogP contribution is 2.41. The molecule has 1 saturated heterocycles. The van der Waals surface area contributed by atoms with Crippen molar-refractivity contribution in [3.05, 3.63) is 63.5 Å². The molecule has 7 heteroatoms. The number of likely N-dealkylation sites (tertiary alicyclic amines) is 1. The summed E-state index contributed by atoms with van der Waals surface area (Å²) >= 11 is 0. The quantitative estimate of drug-likeness (QED) is 0.686. The number of benzene rings is 1. The van der Waals surface area contributed by atoms with Gasteiger partial charge in [0.25, 0.3) is 5.56 Å². The van der Waals surface area contributed by atoms with Gasteiger partial charge in [0, 0.05) is 44.5 Å². The number of imidazole rings is 1. The summed E-state index contributed by atoms with van der Waals surface area (Å²) in [6, 6.07) is 6.75. The Balaban J connectivity index is 1.42. The molecule has 0 radical (unpaired) electrons. The zero-order chi connectivity index (χ0) is 20.2. The molecule has 0 saturated carbocycles. The van der Waals surface area contributed by atoms with Crippen LogP contribution in [0.5, 0.6) is 0 Å². The van der Waals surface area contributed by atoms with Gasteiger partial charge >= 0.3 is 0 Å². The second-order valence-electron chi connectivity index (χ2n) is 8.68. The van der Waals surface area contributed by atoms with Crippen molar-refractivity contribution >= 4 is 0 Å². The summed E-state index contributed by atoms with van der Waals surface area (Å²) in [4.78, 5) is 19.9.